The molecule has 10 nitrogen and oxygen atoms in total. The van der Waals surface area contributed by atoms with Crippen LogP contribution in [0.2, 0.25) is 0 Å². The van der Waals surface area contributed by atoms with E-state index in [-0.39, 0.29) is 24.0 Å². The molecule has 2 atom stereocenters. The van der Waals surface area contributed by atoms with Crippen molar-refractivity contribution in [2.75, 3.05) is 27.9 Å². The minimum Gasteiger partial charge on any atom is -0.507 e. The summed E-state index contributed by atoms with van der Waals surface area (Å²) in [6.45, 7) is 2.85. The standard InChI is InChI=1S/C29H31N3O7/c1-17-12-19-13-18(6-7-21(19)39-17)26(33)24-25(20-14-22(36-2)28(38-4)23(15-20)37-3)32(29(35)27(24)34)10-5-9-31-11-8-30-16-31/h6-8,11,13-17,25,33H,5,9-10,12H2,1-4H3/t17-,25+/m0/s1. The SMILES string of the molecule is COc1cc([C@@H]2C(=C(O)c3ccc4c(c3)C[C@H](C)O4)C(=O)C(=O)N2CCCn2ccnc2)cc(OC)c1OC. The average molecular weight is 534 g/mol. The molecule has 1 saturated heterocycles. The highest BCUT2D eigenvalue weighted by molar-refractivity contribution is 6.46. The second-order valence-electron chi connectivity index (χ2n) is 9.56. The molecule has 204 valence electrons. The number of carbonyl (C=O) groups is 2. The molecule has 1 amide bonds. The lowest BCUT2D eigenvalue weighted by molar-refractivity contribution is -0.139. The molecule has 0 saturated carbocycles. The molecule has 0 bridgehead atoms. The molecule has 0 unspecified atom stereocenters. The molecule has 1 fully saturated rings. The normalized spacial score (nSPS) is 19.6. The molecule has 5 rings (SSSR count). The van der Waals surface area contributed by atoms with E-state index in [0.717, 1.165) is 11.3 Å². The number of imidazole rings is 1. The van der Waals surface area contributed by atoms with Gasteiger partial charge in [0.15, 0.2) is 11.5 Å². The number of hydrogen-bond donors (Lipinski definition) is 1. The van der Waals surface area contributed by atoms with Crippen molar-refractivity contribution in [3.05, 3.63) is 71.3 Å². The number of likely N-dealkylation sites (tertiary alicyclic amines) is 1. The number of fused-ring (bicyclic) bond motifs is 1. The van der Waals surface area contributed by atoms with Gasteiger partial charge in [0.2, 0.25) is 5.75 Å². The van der Waals surface area contributed by atoms with Gasteiger partial charge in [-0.3, -0.25) is 9.59 Å². The lowest BCUT2D eigenvalue weighted by Crippen LogP contribution is -2.31. The summed E-state index contributed by atoms with van der Waals surface area (Å²) in [6, 6.07) is 7.82. The Bertz CT molecular complexity index is 1410. The van der Waals surface area contributed by atoms with Crippen LogP contribution in [0.25, 0.3) is 5.76 Å². The van der Waals surface area contributed by atoms with Gasteiger partial charge < -0.3 is 33.5 Å². The molecule has 3 heterocycles. The molecule has 2 aliphatic heterocycles. The van der Waals surface area contributed by atoms with E-state index in [1.54, 1.807) is 36.8 Å². The molecule has 1 aromatic heterocycles. The second kappa shape index (κ2) is 10.7. The molecule has 39 heavy (non-hydrogen) atoms. The number of benzene rings is 2. The Balaban J connectivity index is 1.61. The summed E-state index contributed by atoms with van der Waals surface area (Å²) in [5.41, 5.74) is 1.93. The van der Waals surface area contributed by atoms with E-state index >= 15 is 0 Å². The Morgan fingerprint density at radius 2 is 1.82 bits per heavy atom. The summed E-state index contributed by atoms with van der Waals surface area (Å²) >= 11 is 0. The molecule has 3 aromatic rings. The number of rotatable bonds is 9. The van der Waals surface area contributed by atoms with E-state index < -0.39 is 17.7 Å². The van der Waals surface area contributed by atoms with Gasteiger partial charge in [-0.25, -0.2) is 4.98 Å². The number of aryl methyl sites for hydroxylation is 1. The second-order valence-corrected chi connectivity index (χ2v) is 9.56. The summed E-state index contributed by atoms with van der Waals surface area (Å²) in [4.78, 5) is 32.4. The van der Waals surface area contributed by atoms with E-state index in [1.165, 1.54) is 26.2 Å². The van der Waals surface area contributed by atoms with Crippen molar-refractivity contribution in [1.29, 1.82) is 0 Å². The summed E-state index contributed by atoms with van der Waals surface area (Å²) in [5.74, 6) is 0.206. The van der Waals surface area contributed by atoms with Gasteiger partial charge in [0, 0.05) is 37.5 Å². The fourth-order valence-electron chi connectivity index (χ4n) is 5.28. The Morgan fingerprint density at radius 3 is 2.46 bits per heavy atom. The molecular weight excluding hydrogens is 502 g/mol. The molecule has 10 heteroatoms. The van der Waals surface area contributed by atoms with Crippen molar-refractivity contribution in [1.82, 2.24) is 14.5 Å². The highest BCUT2D eigenvalue weighted by Gasteiger charge is 2.46. The number of aliphatic hydroxyl groups excluding tert-OH is 1. The largest absolute Gasteiger partial charge is 0.507 e. The number of methoxy groups -OCH3 is 3. The third kappa shape index (κ3) is 4.78. The minimum atomic E-state index is -0.870. The molecule has 2 aromatic carbocycles. The van der Waals surface area contributed by atoms with Gasteiger partial charge in [0.05, 0.1) is 39.3 Å². The van der Waals surface area contributed by atoms with Crippen LogP contribution in [-0.4, -0.2) is 65.2 Å². The highest BCUT2D eigenvalue weighted by atomic mass is 16.5. The Hall–Kier alpha value is -4.47. The first kappa shape index (κ1) is 26.1. The summed E-state index contributed by atoms with van der Waals surface area (Å²) in [5, 5.41) is 11.5. The first-order chi connectivity index (χ1) is 18.9. The lowest BCUT2D eigenvalue weighted by Gasteiger charge is -2.26. The van der Waals surface area contributed by atoms with E-state index in [4.69, 9.17) is 18.9 Å². The van der Waals surface area contributed by atoms with Crippen LogP contribution < -0.4 is 18.9 Å². The van der Waals surface area contributed by atoms with Gasteiger partial charge in [-0.1, -0.05) is 0 Å². The number of ketones is 1. The molecule has 2 aliphatic rings. The van der Waals surface area contributed by atoms with Gasteiger partial charge in [-0.05, 0) is 54.8 Å². The summed E-state index contributed by atoms with van der Waals surface area (Å²) in [6.07, 6.45) is 6.50. The van der Waals surface area contributed by atoms with Gasteiger partial charge in [-0.15, -0.1) is 0 Å². The number of nitrogens with zero attached hydrogens (tertiary/aromatic N) is 3. The molecule has 0 radical (unpaired) electrons. The quantitative estimate of drug-likeness (QED) is 0.252. The zero-order valence-corrected chi connectivity index (χ0v) is 22.3. The Labute approximate surface area is 226 Å². The van der Waals surface area contributed by atoms with Crippen LogP contribution in [-0.2, 0) is 22.6 Å². The van der Waals surface area contributed by atoms with Crippen molar-refractivity contribution in [2.45, 2.75) is 38.5 Å². The van der Waals surface area contributed by atoms with E-state index in [0.29, 0.717) is 47.8 Å². The number of ether oxygens (including phenoxy) is 4. The summed E-state index contributed by atoms with van der Waals surface area (Å²) in [7, 11) is 4.49. The maximum atomic E-state index is 13.5. The van der Waals surface area contributed by atoms with Gasteiger partial charge >= 0.3 is 0 Å². The highest BCUT2D eigenvalue weighted by Crippen LogP contribution is 2.46. The zero-order chi connectivity index (χ0) is 27.7. The van der Waals surface area contributed by atoms with Crippen LogP contribution >= 0.6 is 0 Å². The lowest BCUT2D eigenvalue weighted by atomic mass is 9.94. The topological polar surface area (TPSA) is 112 Å². The van der Waals surface area contributed by atoms with Crippen LogP contribution in [0.1, 0.15) is 36.1 Å². The fraction of sp³-hybridized carbons (Fsp3) is 0.345. The number of amides is 1. The van der Waals surface area contributed by atoms with Crippen LogP contribution in [0.3, 0.4) is 0 Å². The average Bonchev–Trinajstić information content (AvgIpc) is 3.65. The number of carbonyl (C=O) groups excluding carboxylic acids is 2. The predicted molar refractivity (Wildman–Crippen MR) is 142 cm³/mol. The number of aromatic nitrogens is 2. The molecular formula is C29H31N3O7. The molecule has 1 N–H and O–H groups in total. The minimum absolute atomic E-state index is 0.00353. The van der Waals surface area contributed by atoms with Crippen LogP contribution in [0.5, 0.6) is 23.0 Å². The van der Waals surface area contributed by atoms with E-state index in [9.17, 15) is 14.7 Å². The Morgan fingerprint density at radius 1 is 1.08 bits per heavy atom. The van der Waals surface area contributed by atoms with Crippen molar-refractivity contribution >= 4 is 17.4 Å². The molecule has 0 aliphatic carbocycles. The zero-order valence-electron chi connectivity index (χ0n) is 22.3. The fourth-order valence-corrected chi connectivity index (χ4v) is 5.28. The van der Waals surface area contributed by atoms with Gasteiger partial charge in [0.25, 0.3) is 11.7 Å². The van der Waals surface area contributed by atoms with Crippen LogP contribution in [0.4, 0.5) is 0 Å². The van der Waals surface area contributed by atoms with Crippen LogP contribution in [0.15, 0.2) is 54.6 Å². The number of aliphatic hydroxyl groups is 1. The number of hydrogen-bond acceptors (Lipinski definition) is 8. The monoisotopic (exact) mass is 533 g/mol. The van der Waals surface area contributed by atoms with Crippen molar-refractivity contribution < 1.29 is 33.6 Å². The van der Waals surface area contributed by atoms with Gasteiger partial charge in [0.1, 0.15) is 17.6 Å². The van der Waals surface area contributed by atoms with E-state index in [1.807, 2.05) is 23.8 Å². The maximum absolute atomic E-state index is 13.5. The smallest absolute Gasteiger partial charge is 0.295 e. The maximum Gasteiger partial charge on any atom is 0.295 e. The molecule has 0 spiro atoms. The Kier molecular flexibility index (Phi) is 7.19. The van der Waals surface area contributed by atoms with Crippen molar-refractivity contribution in [3.63, 3.8) is 0 Å². The van der Waals surface area contributed by atoms with E-state index in [2.05, 4.69) is 4.98 Å². The summed E-state index contributed by atoms with van der Waals surface area (Å²) < 4.78 is 24.2. The first-order valence-corrected chi connectivity index (χ1v) is 12.7. The van der Waals surface area contributed by atoms with Gasteiger partial charge in [-0.2, -0.15) is 0 Å². The van der Waals surface area contributed by atoms with Crippen LogP contribution in [0, 0.1) is 0 Å². The third-order valence-corrected chi connectivity index (χ3v) is 7.09. The first-order valence-electron chi connectivity index (χ1n) is 12.7. The predicted octanol–water partition coefficient (Wildman–Crippen LogP) is 3.74. The van der Waals surface area contributed by atoms with Crippen molar-refractivity contribution in [3.8, 4) is 23.0 Å². The third-order valence-electron chi connectivity index (χ3n) is 7.09. The number of Topliss-reactive ketones (excluding diaryl/α,β-unsaturated/α-hetero) is 1. The van der Waals surface area contributed by atoms with Crippen molar-refractivity contribution in [2.24, 2.45) is 0 Å².